The van der Waals surface area contributed by atoms with E-state index in [4.69, 9.17) is 0 Å². The van der Waals surface area contributed by atoms with Crippen molar-refractivity contribution in [2.24, 2.45) is 11.8 Å². The number of rotatable bonds is 4. The van der Waals surface area contributed by atoms with Gasteiger partial charge in [-0.3, -0.25) is 4.98 Å². The average Bonchev–Trinajstić information content (AvgIpc) is 2.45. The first-order chi connectivity index (χ1) is 9.74. The minimum Gasteiger partial charge on any atom is -0.309 e. The molecule has 1 saturated carbocycles. The van der Waals surface area contributed by atoms with Gasteiger partial charge in [-0.25, -0.2) is 0 Å². The van der Waals surface area contributed by atoms with E-state index in [1.54, 1.807) is 0 Å². The average molecular weight is 273 g/mol. The van der Waals surface area contributed by atoms with Gasteiger partial charge in [0.15, 0.2) is 0 Å². The molecule has 3 heteroatoms. The molecule has 2 aliphatic rings. The Labute approximate surface area is 122 Å². The summed E-state index contributed by atoms with van der Waals surface area (Å²) in [6.07, 6.45) is 8.03. The summed E-state index contributed by atoms with van der Waals surface area (Å²) < 4.78 is 0. The maximum atomic E-state index is 4.21. The van der Waals surface area contributed by atoms with Crippen LogP contribution in [0.2, 0.25) is 0 Å². The fourth-order valence-electron chi connectivity index (χ4n) is 3.97. The van der Waals surface area contributed by atoms with Gasteiger partial charge in [0.25, 0.3) is 0 Å². The molecule has 2 unspecified atom stereocenters. The Balaban J connectivity index is 1.62. The molecule has 1 aromatic heterocycles. The summed E-state index contributed by atoms with van der Waals surface area (Å²) >= 11 is 0. The van der Waals surface area contributed by atoms with Crippen LogP contribution in [-0.2, 0) is 6.54 Å². The lowest BCUT2D eigenvalue weighted by Gasteiger charge is -2.49. The summed E-state index contributed by atoms with van der Waals surface area (Å²) in [4.78, 5) is 6.88. The van der Waals surface area contributed by atoms with E-state index >= 15 is 0 Å². The Hall–Kier alpha value is -0.930. The highest BCUT2D eigenvalue weighted by molar-refractivity contribution is 5.08. The molecule has 1 aliphatic heterocycles. The maximum absolute atomic E-state index is 4.21. The SMILES string of the molecule is CC(C)N1CC2CCCC(C1)C2NCc1cccnc1. The van der Waals surface area contributed by atoms with Gasteiger partial charge >= 0.3 is 0 Å². The number of hydrogen-bond donors (Lipinski definition) is 1. The molecule has 0 spiro atoms. The number of hydrogen-bond acceptors (Lipinski definition) is 3. The van der Waals surface area contributed by atoms with Crippen LogP contribution in [0.3, 0.4) is 0 Å². The van der Waals surface area contributed by atoms with Crippen molar-refractivity contribution in [3.05, 3.63) is 30.1 Å². The Morgan fingerprint density at radius 2 is 2.05 bits per heavy atom. The van der Waals surface area contributed by atoms with Gasteiger partial charge in [0.1, 0.15) is 0 Å². The van der Waals surface area contributed by atoms with E-state index in [9.17, 15) is 0 Å². The van der Waals surface area contributed by atoms with E-state index in [2.05, 4.69) is 35.1 Å². The molecule has 3 rings (SSSR count). The van der Waals surface area contributed by atoms with Crippen LogP contribution in [0.1, 0.15) is 38.7 Å². The van der Waals surface area contributed by atoms with E-state index in [0.29, 0.717) is 12.1 Å². The molecule has 1 aromatic rings. The number of aromatic nitrogens is 1. The maximum Gasteiger partial charge on any atom is 0.0312 e. The van der Waals surface area contributed by atoms with Gasteiger partial charge < -0.3 is 10.2 Å². The molecule has 1 N–H and O–H groups in total. The van der Waals surface area contributed by atoms with Gasteiger partial charge in [-0.1, -0.05) is 12.5 Å². The summed E-state index contributed by atoms with van der Waals surface area (Å²) in [5.74, 6) is 1.67. The molecule has 0 amide bonds. The molecule has 1 aliphatic carbocycles. The number of nitrogens with zero attached hydrogens (tertiary/aromatic N) is 2. The van der Waals surface area contributed by atoms with Crippen LogP contribution < -0.4 is 5.32 Å². The van der Waals surface area contributed by atoms with Crippen LogP contribution in [-0.4, -0.2) is 35.1 Å². The topological polar surface area (TPSA) is 28.2 Å². The van der Waals surface area contributed by atoms with Crippen molar-refractivity contribution in [2.75, 3.05) is 13.1 Å². The van der Waals surface area contributed by atoms with E-state index in [-0.39, 0.29) is 0 Å². The lowest BCUT2D eigenvalue weighted by Crippen LogP contribution is -2.58. The highest BCUT2D eigenvalue weighted by atomic mass is 15.2. The molecular formula is C17H27N3. The first-order valence-corrected chi connectivity index (χ1v) is 8.10. The zero-order valence-corrected chi connectivity index (χ0v) is 12.8. The summed E-state index contributed by atoms with van der Waals surface area (Å²) in [5.41, 5.74) is 1.30. The van der Waals surface area contributed by atoms with Crippen molar-refractivity contribution in [2.45, 2.75) is 51.7 Å². The highest BCUT2D eigenvalue weighted by Crippen LogP contribution is 2.35. The first-order valence-electron chi connectivity index (χ1n) is 8.10. The molecule has 110 valence electrons. The zero-order chi connectivity index (χ0) is 13.9. The van der Waals surface area contributed by atoms with Crippen LogP contribution >= 0.6 is 0 Å². The summed E-state index contributed by atoms with van der Waals surface area (Å²) in [6, 6.07) is 5.59. The molecule has 0 aromatic carbocycles. The molecule has 1 saturated heterocycles. The second-order valence-electron chi connectivity index (χ2n) is 6.77. The van der Waals surface area contributed by atoms with Crippen molar-refractivity contribution >= 4 is 0 Å². The lowest BCUT2D eigenvalue weighted by molar-refractivity contribution is 0.0290. The van der Waals surface area contributed by atoms with Gasteiger partial charge in [0.2, 0.25) is 0 Å². The van der Waals surface area contributed by atoms with Crippen LogP contribution in [0.5, 0.6) is 0 Å². The molecule has 3 nitrogen and oxygen atoms in total. The van der Waals surface area contributed by atoms with Crippen LogP contribution in [0, 0.1) is 11.8 Å². The van der Waals surface area contributed by atoms with Crippen LogP contribution in [0.4, 0.5) is 0 Å². The molecule has 20 heavy (non-hydrogen) atoms. The Morgan fingerprint density at radius 3 is 2.65 bits per heavy atom. The predicted molar refractivity (Wildman–Crippen MR) is 82.4 cm³/mol. The van der Waals surface area contributed by atoms with Crippen molar-refractivity contribution < 1.29 is 0 Å². The van der Waals surface area contributed by atoms with Crippen molar-refractivity contribution in [1.82, 2.24) is 15.2 Å². The quantitative estimate of drug-likeness (QED) is 0.914. The summed E-state index contributed by atoms with van der Waals surface area (Å²) in [6.45, 7) is 8.18. The number of piperidine rings is 1. The third-order valence-electron chi connectivity index (χ3n) is 5.10. The molecule has 2 bridgehead atoms. The number of likely N-dealkylation sites (tertiary alicyclic amines) is 1. The van der Waals surface area contributed by atoms with Crippen molar-refractivity contribution in [3.63, 3.8) is 0 Å². The smallest absolute Gasteiger partial charge is 0.0312 e. The Kier molecular flexibility index (Phi) is 4.37. The number of nitrogens with one attached hydrogen (secondary N) is 1. The fourth-order valence-corrected chi connectivity index (χ4v) is 3.97. The predicted octanol–water partition coefficient (Wildman–Crippen LogP) is 2.68. The third-order valence-corrected chi connectivity index (χ3v) is 5.10. The highest BCUT2D eigenvalue weighted by Gasteiger charge is 2.39. The Morgan fingerprint density at radius 1 is 1.30 bits per heavy atom. The second kappa shape index (κ2) is 6.23. The van der Waals surface area contributed by atoms with Crippen LogP contribution in [0.25, 0.3) is 0 Å². The molecule has 2 atom stereocenters. The Bertz CT molecular complexity index is 404. The second-order valence-corrected chi connectivity index (χ2v) is 6.77. The monoisotopic (exact) mass is 273 g/mol. The lowest BCUT2D eigenvalue weighted by atomic mass is 9.73. The first kappa shape index (κ1) is 14.0. The van der Waals surface area contributed by atoms with Gasteiger partial charge in [0.05, 0.1) is 0 Å². The standard InChI is InChI=1S/C17H27N3/c1-13(2)20-11-15-6-3-7-16(12-20)17(15)19-10-14-5-4-8-18-9-14/h4-5,8-9,13,15-17,19H,3,6-7,10-12H2,1-2H3. The van der Waals surface area contributed by atoms with E-state index in [0.717, 1.165) is 18.4 Å². The van der Waals surface area contributed by atoms with Crippen LogP contribution in [0.15, 0.2) is 24.5 Å². The third kappa shape index (κ3) is 3.04. The molecule has 2 heterocycles. The van der Waals surface area contributed by atoms with Gasteiger partial charge in [-0.15, -0.1) is 0 Å². The largest absolute Gasteiger partial charge is 0.309 e. The zero-order valence-electron chi connectivity index (χ0n) is 12.8. The summed E-state index contributed by atoms with van der Waals surface area (Å²) in [7, 11) is 0. The number of fused-ring (bicyclic) bond motifs is 2. The van der Waals surface area contributed by atoms with Gasteiger partial charge in [-0.05, 0) is 50.2 Å². The van der Waals surface area contributed by atoms with E-state index < -0.39 is 0 Å². The minimum absolute atomic E-state index is 0.692. The summed E-state index contributed by atoms with van der Waals surface area (Å²) in [5, 5.41) is 3.83. The molecule has 0 radical (unpaired) electrons. The molecule has 2 fully saturated rings. The van der Waals surface area contributed by atoms with Crippen molar-refractivity contribution in [3.8, 4) is 0 Å². The van der Waals surface area contributed by atoms with Gasteiger partial charge in [-0.2, -0.15) is 0 Å². The minimum atomic E-state index is 0.692. The van der Waals surface area contributed by atoms with Gasteiger partial charge in [0, 0.05) is 44.1 Å². The number of pyridine rings is 1. The van der Waals surface area contributed by atoms with E-state index in [1.165, 1.54) is 37.9 Å². The normalized spacial score (nSPS) is 30.6. The molecular weight excluding hydrogens is 246 g/mol. The van der Waals surface area contributed by atoms with E-state index in [1.807, 2.05) is 18.5 Å². The fraction of sp³-hybridized carbons (Fsp3) is 0.706. The van der Waals surface area contributed by atoms with Crippen molar-refractivity contribution in [1.29, 1.82) is 0 Å².